The molecule has 0 aromatic heterocycles. The van der Waals surface area contributed by atoms with E-state index in [1.165, 1.54) is 42.7 Å². The largest absolute Gasteiger partial charge is 0.465 e. The Balaban J connectivity index is 1.98. The molecule has 0 bridgehead atoms. The van der Waals surface area contributed by atoms with Crippen molar-refractivity contribution >= 4 is 27.6 Å². The van der Waals surface area contributed by atoms with Crippen LogP contribution in [0, 0.1) is 0 Å². The molecule has 0 unspecified atom stereocenters. The van der Waals surface area contributed by atoms with Crippen LogP contribution in [0.1, 0.15) is 12.5 Å². The first-order valence-electron chi connectivity index (χ1n) is 10.5. The van der Waals surface area contributed by atoms with Gasteiger partial charge in [-0.1, -0.05) is 30.3 Å². The van der Waals surface area contributed by atoms with Gasteiger partial charge >= 0.3 is 5.97 Å². The highest BCUT2D eigenvalue weighted by Gasteiger charge is 2.21. The molecule has 0 aliphatic carbocycles. The van der Waals surface area contributed by atoms with Gasteiger partial charge in [-0.15, -0.1) is 0 Å². The predicted octanol–water partition coefficient (Wildman–Crippen LogP) is 1.96. The van der Waals surface area contributed by atoms with Crippen molar-refractivity contribution in [1.82, 2.24) is 9.21 Å². The Morgan fingerprint density at radius 1 is 1.00 bits per heavy atom. The van der Waals surface area contributed by atoms with Crippen LogP contribution in [0.5, 0.6) is 0 Å². The predicted molar refractivity (Wildman–Crippen MR) is 125 cm³/mol. The number of carbonyl (C=O) groups is 2. The van der Waals surface area contributed by atoms with E-state index in [0.29, 0.717) is 18.8 Å². The standard InChI is InChI=1S/C23H31N3O6S/c1-4-32-23(28)18-26(14-15-31-3)17-22(27)24-20-10-12-21(13-11-20)33(29,30)25(2)16-19-8-6-5-7-9-19/h5-13H,4,14-18H2,1-3H3,(H,24,27). The van der Waals surface area contributed by atoms with Crippen molar-refractivity contribution in [3.05, 3.63) is 60.2 Å². The van der Waals surface area contributed by atoms with Gasteiger partial charge in [0.25, 0.3) is 0 Å². The van der Waals surface area contributed by atoms with E-state index >= 15 is 0 Å². The average molecular weight is 478 g/mol. The minimum Gasteiger partial charge on any atom is -0.465 e. The molecule has 2 rings (SSSR count). The Morgan fingerprint density at radius 3 is 2.27 bits per heavy atom. The van der Waals surface area contributed by atoms with Crippen LogP contribution in [-0.2, 0) is 35.6 Å². The summed E-state index contributed by atoms with van der Waals surface area (Å²) in [4.78, 5) is 26.0. The maximum Gasteiger partial charge on any atom is 0.320 e. The average Bonchev–Trinajstić information content (AvgIpc) is 2.78. The van der Waals surface area contributed by atoms with Crippen LogP contribution in [0.2, 0.25) is 0 Å². The van der Waals surface area contributed by atoms with Gasteiger partial charge in [0.15, 0.2) is 0 Å². The number of carbonyl (C=O) groups excluding carboxylic acids is 2. The van der Waals surface area contributed by atoms with Crippen molar-refractivity contribution in [1.29, 1.82) is 0 Å². The van der Waals surface area contributed by atoms with E-state index in [1.54, 1.807) is 11.8 Å². The van der Waals surface area contributed by atoms with E-state index in [2.05, 4.69) is 5.32 Å². The Morgan fingerprint density at radius 2 is 1.67 bits per heavy atom. The zero-order chi connectivity index (χ0) is 24.3. The van der Waals surface area contributed by atoms with Crippen LogP contribution < -0.4 is 5.32 Å². The summed E-state index contributed by atoms with van der Waals surface area (Å²) in [5.41, 5.74) is 1.33. The van der Waals surface area contributed by atoms with Crippen LogP contribution in [0.4, 0.5) is 5.69 Å². The number of benzene rings is 2. The van der Waals surface area contributed by atoms with Gasteiger partial charge in [0.2, 0.25) is 15.9 Å². The van der Waals surface area contributed by atoms with Crippen LogP contribution in [0.25, 0.3) is 0 Å². The maximum absolute atomic E-state index is 12.8. The number of ether oxygens (including phenoxy) is 2. The fourth-order valence-corrected chi connectivity index (χ4v) is 4.20. The summed E-state index contributed by atoms with van der Waals surface area (Å²) >= 11 is 0. The van der Waals surface area contributed by atoms with Crippen molar-refractivity contribution < 1.29 is 27.5 Å². The number of methoxy groups -OCH3 is 1. The molecule has 0 aliphatic rings. The number of hydrogen-bond acceptors (Lipinski definition) is 7. The monoisotopic (exact) mass is 477 g/mol. The lowest BCUT2D eigenvalue weighted by Gasteiger charge is -2.20. The number of amides is 1. The van der Waals surface area contributed by atoms with Crippen molar-refractivity contribution in [2.45, 2.75) is 18.4 Å². The molecular formula is C23H31N3O6S. The molecule has 0 saturated carbocycles. The minimum atomic E-state index is -3.68. The smallest absolute Gasteiger partial charge is 0.320 e. The third-order valence-electron chi connectivity index (χ3n) is 4.73. The van der Waals surface area contributed by atoms with E-state index < -0.39 is 16.0 Å². The van der Waals surface area contributed by atoms with E-state index in [0.717, 1.165) is 5.56 Å². The summed E-state index contributed by atoms with van der Waals surface area (Å²) in [6.07, 6.45) is 0. The lowest BCUT2D eigenvalue weighted by molar-refractivity contribution is -0.144. The Labute approximate surface area is 195 Å². The molecule has 0 heterocycles. The highest BCUT2D eigenvalue weighted by Crippen LogP contribution is 2.19. The van der Waals surface area contributed by atoms with Gasteiger partial charge in [0.1, 0.15) is 0 Å². The summed E-state index contributed by atoms with van der Waals surface area (Å²) in [6.45, 7) is 2.90. The number of esters is 1. The SMILES string of the molecule is CCOC(=O)CN(CCOC)CC(=O)Nc1ccc(S(=O)(=O)N(C)Cc2ccccc2)cc1. The number of rotatable bonds is 13. The Hall–Kier alpha value is -2.79. The van der Waals surface area contributed by atoms with E-state index in [1.807, 2.05) is 30.3 Å². The van der Waals surface area contributed by atoms with Crippen LogP contribution >= 0.6 is 0 Å². The third kappa shape index (κ3) is 8.58. The summed E-state index contributed by atoms with van der Waals surface area (Å²) < 4.78 is 36.9. The van der Waals surface area contributed by atoms with Crippen molar-refractivity contribution in [3.63, 3.8) is 0 Å². The molecule has 10 heteroatoms. The highest BCUT2D eigenvalue weighted by molar-refractivity contribution is 7.89. The second-order valence-corrected chi connectivity index (χ2v) is 9.37. The first-order chi connectivity index (χ1) is 15.8. The molecule has 2 aromatic carbocycles. The molecule has 9 nitrogen and oxygen atoms in total. The quantitative estimate of drug-likeness (QED) is 0.440. The zero-order valence-corrected chi connectivity index (χ0v) is 20.0. The van der Waals surface area contributed by atoms with E-state index in [-0.39, 0.29) is 37.0 Å². The molecule has 33 heavy (non-hydrogen) atoms. The molecular weight excluding hydrogens is 446 g/mol. The second-order valence-electron chi connectivity index (χ2n) is 7.33. The number of nitrogens with one attached hydrogen (secondary N) is 1. The molecule has 0 saturated heterocycles. The van der Waals surface area contributed by atoms with Crippen molar-refractivity contribution in [2.24, 2.45) is 0 Å². The molecule has 180 valence electrons. The van der Waals surface area contributed by atoms with Crippen molar-refractivity contribution in [3.8, 4) is 0 Å². The normalized spacial score (nSPS) is 11.5. The molecule has 0 spiro atoms. The lowest BCUT2D eigenvalue weighted by Crippen LogP contribution is -2.39. The summed E-state index contributed by atoms with van der Waals surface area (Å²) in [5.74, 6) is -0.761. The fraction of sp³-hybridized carbons (Fsp3) is 0.391. The van der Waals surface area contributed by atoms with Crippen LogP contribution in [-0.4, -0.2) is 76.5 Å². The van der Waals surface area contributed by atoms with Gasteiger partial charge in [-0.3, -0.25) is 14.5 Å². The summed E-state index contributed by atoms with van der Waals surface area (Å²) in [5, 5.41) is 2.72. The second kappa shape index (κ2) is 13.0. The third-order valence-corrected chi connectivity index (χ3v) is 6.55. The maximum atomic E-state index is 12.8. The number of nitrogens with zero attached hydrogens (tertiary/aromatic N) is 2. The number of sulfonamides is 1. The molecule has 0 aliphatic heterocycles. The molecule has 0 fully saturated rings. The van der Waals surface area contributed by atoms with Gasteiger partial charge in [-0.2, -0.15) is 4.31 Å². The zero-order valence-electron chi connectivity index (χ0n) is 19.2. The summed E-state index contributed by atoms with van der Waals surface area (Å²) in [6, 6.07) is 15.3. The first-order valence-corrected chi connectivity index (χ1v) is 12.0. The van der Waals surface area contributed by atoms with Gasteiger partial charge in [-0.05, 0) is 36.8 Å². The molecule has 1 amide bonds. The van der Waals surface area contributed by atoms with Crippen LogP contribution in [0.3, 0.4) is 0 Å². The van der Waals surface area contributed by atoms with Gasteiger partial charge in [0.05, 0.1) is 31.2 Å². The lowest BCUT2D eigenvalue weighted by atomic mass is 10.2. The van der Waals surface area contributed by atoms with E-state index in [9.17, 15) is 18.0 Å². The van der Waals surface area contributed by atoms with Gasteiger partial charge in [-0.25, -0.2) is 8.42 Å². The Bertz CT molecular complexity index is 997. The minimum absolute atomic E-state index is 0.0322. The first kappa shape index (κ1) is 26.5. The van der Waals surface area contributed by atoms with Crippen LogP contribution in [0.15, 0.2) is 59.5 Å². The van der Waals surface area contributed by atoms with Gasteiger partial charge in [0, 0.05) is 32.9 Å². The molecule has 0 atom stereocenters. The van der Waals surface area contributed by atoms with E-state index in [4.69, 9.17) is 9.47 Å². The highest BCUT2D eigenvalue weighted by atomic mass is 32.2. The number of hydrogen-bond donors (Lipinski definition) is 1. The van der Waals surface area contributed by atoms with Gasteiger partial charge < -0.3 is 14.8 Å². The molecule has 1 N–H and O–H groups in total. The topological polar surface area (TPSA) is 105 Å². The molecule has 2 aromatic rings. The number of anilines is 1. The fourth-order valence-electron chi connectivity index (χ4n) is 3.04. The summed E-state index contributed by atoms with van der Waals surface area (Å²) in [7, 11) is -0.622. The Kier molecular flexibility index (Phi) is 10.5. The molecule has 0 radical (unpaired) electrons. The van der Waals surface area contributed by atoms with Crippen molar-refractivity contribution in [2.75, 3.05) is 52.3 Å².